The van der Waals surface area contributed by atoms with Gasteiger partial charge in [0.15, 0.2) is 0 Å². The van der Waals surface area contributed by atoms with E-state index < -0.39 is 33.8 Å². The van der Waals surface area contributed by atoms with Crippen molar-refractivity contribution in [1.82, 2.24) is 10.3 Å². The predicted octanol–water partition coefficient (Wildman–Crippen LogP) is 5.13. The van der Waals surface area contributed by atoms with Gasteiger partial charge in [-0.15, -0.1) is 0 Å². The maximum absolute atomic E-state index is 13.7. The second-order valence-corrected chi connectivity index (χ2v) is 12.6. The van der Waals surface area contributed by atoms with Gasteiger partial charge in [0, 0.05) is 17.5 Å². The number of benzene rings is 3. The van der Waals surface area contributed by atoms with Gasteiger partial charge < -0.3 is 15.4 Å². The van der Waals surface area contributed by atoms with Crippen LogP contribution in [0.15, 0.2) is 89.8 Å². The molecule has 0 aliphatic carbocycles. The number of amides is 2. The van der Waals surface area contributed by atoms with E-state index in [0.717, 1.165) is 11.1 Å². The standard InChI is InChI=1S/C29H30N4O6S2/c1-29(2,3)38-28(35)31-23(18-19-10-6-4-7-11-19)25(34)33-27-24(32-26(40-27)21-12-8-5-9-13-21)20-14-16-22(17-15-20)41(36,37)39-30/h4-17,23H,18,30H2,1-3H3,(H,31,35)(H,33,34)/t23-/m0/s1. The molecule has 1 atom stereocenters. The highest BCUT2D eigenvalue weighted by atomic mass is 32.2. The Bertz CT molecular complexity index is 1600. The number of rotatable bonds is 9. The van der Waals surface area contributed by atoms with E-state index in [1.807, 2.05) is 60.7 Å². The molecule has 4 rings (SSSR count). The van der Waals surface area contributed by atoms with Crippen molar-refractivity contribution in [3.63, 3.8) is 0 Å². The SMILES string of the molecule is CC(C)(C)OC(=O)N[C@@H](Cc1ccccc1)C(=O)Nc1sc(-c2ccccc2)nc1-c1ccc(S(=O)(=O)ON)cc1. The summed E-state index contributed by atoms with van der Waals surface area (Å²) in [5.41, 5.74) is 1.91. The highest BCUT2D eigenvalue weighted by Gasteiger charge is 2.27. The number of nitrogens with zero attached hydrogens (tertiary/aromatic N) is 1. The summed E-state index contributed by atoms with van der Waals surface area (Å²) < 4.78 is 33.5. The number of hydrogen-bond donors (Lipinski definition) is 3. The summed E-state index contributed by atoms with van der Waals surface area (Å²) in [6.07, 6.45) is -0.501. The van der Waals surface area contributed by atoms with E-state index in [1.165, 1.54) is 23.5 Å². The van der Waals surface area contributed by atoms with Crippen LogP contribution in [0.5, 0.6) is 0 Å². The Morgan fingerprint density at radius 3 is 2.12 bits per heavy atom. The van der Waals surface area contributed by atoms with Crippen LogP contribution in [0.3, 0.4) is 0 Å². The number of nitrogens with two attached hydrogens (primary N) is 1. The average Bonchev–Trinajstić information content (AvgIpc) is 3.36. The fourth-order valence-electron chi connectivity index (χ4n) is 3.85. The average molecular weight is 595 g/mol. The third kappa shape index (κ3) is 7.98. The number of nitrogens with one attached hydrogen (secondary N) is 2. The molecule has 1 heterocycles. The highest BCUT2D eigenvalue weighted by molar-refractivity contribution is 7.86. The van der Waals surface area contributed by atoms with Crippen molar-refractivity contribution in [1.29, 1.82) is 0 Å². The van der Waals surface area contributed by atoms with Crippen LogP contribution in [0.2, 0.25) is 0 Å². The molecule has 0 bridgehead atoms. The number of anilines is 1. The Morgan fingerprint density at radius 2 is 1.54 bits per heavy atom. The van der Waals surface area contributed by atoms with Gasteiger partial charge >= 0.3 is 16.2 Å². The molecule has 0 fully saturated rings. The molecule has 2 amide bonds. The molecule has 0 aliphatic heterocycles. The van der Waals surface area contributed by atoms with Crippen molar-refractivity contribution in [2.24, 2.45) is 5.90 Å². The minimum absolute atomic E-state index is 0.127. The van der Waals surface area contributed by atoms with Crippen LogP contribution in [0.1, 0.15) is 26.3 Å². The first-order chi connectivity index (χ1) is 19.4. The molecular weight excluding hydrogens is 564 g/mol. The van der Waals surface area contributed by atoms with Gasteiger partial charge in [-0.2, -0.15) is 18.6 Å². The Hall–Kier alpha value is -4.10. The summed E-state index contributed by atoms with van der Waals surface area (Å²) in [7, 11) is -4.09. The van der Waals surface area contributed by atoms with E-state index >= 15 is 0 Å². The first-order valence-corrected chi connectivity index (χ1v) is 14.8. The van der Waals surface area contributed by atoms with E-state index in [2.05, 4.69) is 14.9 Å². The zero-order valence-electron chi connectivity index (χ0n) is 22.7. The Labute approximate surface area is 242 Å². The first kappa shape index (κ1) is 29.9. The molecule has 0 spiro atoms. The lowest BCUT2D eigenvalue weighted by molar-refractivity contribution is -0.118. The minimum atomic E-state index is -4.09. The fourth-order valence-corrected chi connectivity index (χ4v) is 5.42. The normalized spacial score (nSPS) is 12.4. The Kier molecular flexibility index (Phi) is 9.18. The van der Waals surface area contributed by atoms with Crippen molar-refractivity contribution in [2.45, 2.75) is 43.7 Å². The van der Waals surface area contributed by atoms with E-state index in [0.29, 0.717) is 21.3 Å². The predicted molar refractivity (Wildman–Crippen MR) is 157 cm³/mol. The van der Waals surface area contributed by atoms with Crippen LogP contribution in [0.4, 0.5) is 9.80 Å². The Balaban J connectivity index is 1.69. The molecule has 0 saturated carbocycles. The van der Waals surface area contributed by atoms with Gasteiger partial charge in [-0.05, 0) is 38.5 Å². The first-order valence-electron chi connectivity index (χ1n) is 12.6. The number of aromatic nitrogens is 1. The lowest BCUT2D eigenvalue weighted by atomic mass is 10.1. The van der Waals surface area contributed by atoms with Gasteiger partial charge in [-0.3, -0.25) is 4.79 Å². The number of alkyl carbamates (subject to hydrolysis) is 1. The summed E-state index contributed by atoms with van der Waals surface area (Å²) in [6.45, 7) is 5.22. The molecule has 214 valence electrons. The Morgan fingerprint density at radius 1 is 0.927 bits per heavy atom. The molecule has 0 saturated heterocycles. The zero-order valence-corrected chi connectivity index (χ0v) is 24.3. The van der Waals surface area contributed by atoms with Crippen molar-refractivity contribution >= 4 is 38.5 Å². The summed E-state index contributed by atoms with van der Waals surface area (Å²) in [5.74, 6) is 4.43. The van der Waals surface area contributed by atoms with E-state index in [4.69, 9.17) is 15.6 Å². The lowest BCUT2D eigenvalue weighted by Gasteiger charge is -2.23. The van der Waals surface area contributed by atoms with Gasteiger partial charge in [0.05, 0.1) is 4.90 Å². The number of hydrogen-bond acceptors (Lipinski definition) is 9. The zero-order chi connectivity index (χ0) is 29.6. The molecule has 0 unspecified atom stereocenters. The van der Waals surface area contributed by atoms with Crippen LogP contribution in [0.25, 0.3) is 21.8 Å². The van der Waals surface area contributed by atoms with Crippen LogP contribution in [0, 0.1) is 0 Å². The molecule has 0 aliphatic rings. The van der Waals surface area contributed by atoms with Crippen molar-refractivity contribution in [3.05, 3.63) is 90.5 Å². The molecule has 4 aromatic rings. The van der Waals surface area contributed by atoms with Gasteiger partial charge in [-0.25, -0.2) is 9.78 Å². The van der Waals surface area contributed by atoms with Crippen LogP contribution >= 0.6 is 11.3 Å². The monoisotopic (exact) mass is 594 g/mol. The summed E-state index contributed by atoms with van der Waals surface area (Å²) >= 11 is 1.25. The fraction of sp³-hybridized carbons (Fsp3) is 0.207. The topological polar surface area (TPSA) is 150 Å². The maximum atomic E-state index is 13.7. The van der Waals surface area contributed by atoms with Crippen molar-refractivity contribution in [2.75, 3.05) is 5.32 Å². The second kappa shape index (κ2) is 12.6. The van der Waals surface area contributed by atoms with E-state index in [1.54, 1.807) is 32.9 Å². The number of thiazole rings is 1. The largest absolute Gasteiger partial charge is 0.444 e. The molecule has 1 aromatic heterocycles. The smallest absolute Gasteiger partial charge is 0.408 e. The molecular formula is C29H30N4O6S2. The van der Waals surface area contributed by atoms with Gasteiger partial charge in [0.25, 0.3) is 0 Å². The van der Waals surface area contributed by atoms with Crippen LogP contribution in [-0.2, 0) is 30.4 Å². The maximum Gasteiger partial charge on any atom is 0.408 e. The number of ether oxygens (including phenoxy) is 1. The third-order valence-corrected chi connectivity index (χ3v) is 7.84. The highest BCUT2D eigenvalue weighted by Crippen LogP contribution is 2.38. The van der Waals surface area contributed by atoms with Crippen molar-refractivity contribution < 1.29 is 27.0 Å². The van der Waals surface area contributed by atoms with Crippen molar-refractivity contribution in [3.8, 4) is 21.8 Å². The third-order valence-electron chi connectivity index (χ3n) is 5.72. The summed E-state index contributed by atoms with van der Waals surface area (Å²) in [6, 6.07) is 23.5. The molecule has 3 aromatic carbocycles. The van der Waals surface area contributed by atoms with E-state index in [9.17, 15) is 18.0 Å². The van der Waals surface area contributed by atoms with Gasteiger partial charge in [0.2, 0.25) is 5.91 Å². The number of carbonyl (C=O) groups excluding carboxylic acids is 2. The van der Waals surface area contributed by atoms with Crippen LogP contribution < -0.4 is 16.5 Å². The van der Waals surface area contributed by atoms with E-state index in [-0.39, 0.29) is 11.3 Å². The molecule has 41 heavy (non-hydrogen) atoms. The minimum Gasteiger partial charge on any atom is -0.444 e. The molecule has 0 radical (unpaired) electrons. The molecule has 4 N–H and O–H groups in total. The van der Waals surface area contributed by atoms with Gasteiger partial charge in [-0.1, -0.05) is 84.1 Å². The molecule has 12 heteroatoms. The summed E-state index contributed by atoms with van der Waals surface area (Å²) in [5, 5.41) is 6.67. The van der Waals surface area contributed by atoms with Gasteiger partial charge in [0.1, 0.15) is 27.3 Å². The lowest BCUT2D eigenvalue weighted by Crippen LogP contribution is -2.47. The number of carbonyl (C=O) groups is 2. The second-order valence-electron chi connectivity index (χ2n) is 10.0. The summed E-state index contributed by atoms with van der Waals surface area (Å²) in [4.78, 5) is 30.9. The van der Waals surface area contributed by atoms with Crippen LogP contribution in [-0.4, -0.2) is 37.0 Å². The molecule has 10 nitrogen and oxygen atoms in total. The quantitative estimate of drug-likeness (QED) is 0.226.